The van der Waals surface area contributed by atoms with Gasteiger partial charge in [0.25, 0.3) is 5.56 Å². The summed E-state index contributed by atoms with van der Waals surface area (Å²) in [6, 6.07) is 13.6. The van der Waals surface area contributed by atoms with Crippen molar-refractivity contribution in [1.29, 1.82) is 0 Å². The highest BCUT2D eigenvalue weighted by Gasteiger charge is 2.35. The van der Waals surface area contributed by atoms with Crippen molar-refractivity contribution in [2.75, 3.05) is 13.1 Å². The van der Waals surface area contributed by atoms with Gasteiger partial charge >= 0.3 is 0 Å². The second-order valence-electron chi connectivity index (χ2n) is 8.96. The lowest BCUT2D eigenvalue weighted by Gasteiger charge is -2.38. The molecule has 0 saturated carbocycles. The SMILES string of the molecule is Cc1cccc([C@H](C)CC(=O)N2CCC(O)(Cn3cnc4cc(Br)ccc4c3=O)CC2)c1. The summed E-state index contributed by atoms with van der Waals surface area (Å²) in [5.41, 5.74) is 1.78. The van der Waals surface area contributed by atoms with E-state index in [-0.39, 0.29) is 23.9 Å². The molecule has 1 atom stereocenters. The van der Waals surface area contributed by atoms with Crippen molar-refractivity contribution < 1.29 is 9.90 Å². The highest BCUT2D eigenvalue weighted by Crippen LogP contribution is 2.27. The van der Waals surface area contributed by atoms with Crippen LogP contribution in [0.3, 0.4) is 0 Å². The Morgan fingerprint density at radius 3 is 2.69 bits per heavy atom. The third-order valence-electron chi connectivity index (χ3n) is 6.39. The Labute approximate surface area is 196 Å². The van der Waals surface area contributed by atoms with Crippen LogP contribution in [0.4, 0.5) is 0 Å². The molecule has 0 aliphatic carbocycles. The minimum Gasteiger partial charge on any atom is -0.388 e. The van der Waals surface area contributed by atoms with Crippen molar-refractivity contribution >= 4 is 32.7 Å². The van der Waals surface area contributed by atoms with E-state index in [2.05, 4.69) is 53.0 Å². The first-order valence-corrected chi connectivity index (χ1v) is 11.7. The Kier molecular flexibility index (Phi) is 6.49. The van der Waals surface area contributed by atoms with Crippen LogP contribution < -0.4 is 5.56 Å². The molecule has 1 saturated heterocycles. The van der Waals surface area contributed by atoms with Crippen LogP contribution in [0.1, 0.15) is 43.2 Å². The summed E-state index contributed by atoms with van der Waals surface area (Å²) in [4.78, 5) is 31.9. The van der Waals surface area contributed by atoms with Gasteiger partial charge in [0, 0.05) is 24.0 Å². The Morgan fingerprint density at radius 2 is 1.97 bits per heavy atom. The number of carbonyl (C=O) groups is 1. The van der Waals surface area contributed by atoms with Crippen LogP contribution in [-0.4, -0.2) is 44.2 Å². The van der Waals surface area contributed by atoms with Crippen molar-refractivity contribution in [3.63, 3.8) is 0 Å². The molecule has 2 aromatic carbocycles. The van der Waals surface area contributed by atoms with Crippen molar-refractivity contribution in [3.05, 3.63) is 74.7 Å². The van der Waals surface area contributed by atoms with Crippen molar-refractivity contribution in [1.82, 2.24) is 14.5 Å². The zero-order valence-electron chi connectivity index (χ0n) is 18.4. The Bertz CT molecular complexity index is 1200. The number of likely N-dealkylation sites (tertiary alicyclic amines) is 1. The number of rotatable bonds is 5. The normalized spacial score (nSPS) is 16.8. The minimum atomic E-state index is -1.03. The molecular formula is C25H28BrN3O3. The molecule has 0 radical (unpaired) electrons. The monoisotopic (exact) mass is 497 g/mol. The fourth-order valence-electron chi connectivity index (χ4n) is 4.38. The number of nitrogens with zero attached hydrogens (tertiary/aromatic N) is 3. The van der Waals surface area contributed by atoms with Gasteiger partial charge in [0.15, 0.2) is 0 Å². The average molecular weight is 498 g/mol. The first-order valence-electron chi connectivity index (χ1n) is 11.0. The van der Waals surface area contributed by atoms with Gasteiger partial charge in [-0.2, -0.15) is 0 Å². The minimum absolute atomic E-state index is 0.108. The molecule has 0 bridgehead atoms. The van der Waals surface area contributed by atoms with Crippen LogP contribution in [0.25, 0.3) is 10.9 Å². The molecule has 0 unspecified atom stereocenters. The number of benzene rings is 2. The van der Waals surface area contributed by atoms with Gasteiger partial charge in [0.05, 0.1) is 29.4 Å². The molecule has 1 fully saturated rings. The number of hydrogen-bond donors (Lipinski definition) is 1. The number of aliphatic hydroxyl groups is 1. The second-order valence-corrected chi connectivity index (χ2v) is 9.88. The molecule has 4 rings (SSSR count). The Hall–Kier alpha value is -2.51. The summed E-state index contributed by atoms with van der Waals surface area (Å²) < 4.78 is 2.34. The quantitative estimate of drug-likeness (QED) is 0.577. The van der Waals surface area contributed by atoms with Crippen molar-refractivity contribution in [2.45, 2.75) is 51.2 Å². The van der Waals surface area contributed by atoms with Gasteiger partial charge in [-0.05, 0) is 49.4 Å². The summed E-state index contributed by atoms with van der Waals surface area (Å²) in [5, 5.41) is 11.6. The summed E-state index contributed by atoms with van der Waals surface area (Å²) in [6.45, 7) is 5.27. The molecule has 3 aromatic rings. The molecule has 1 aromatic heterocycles. The number of amides is 1. The maximum Gasteiger partial charge on any atom is 0.261 e. The largest absolute Gasteiger partial charge is 0.388 e. The van der Waals surface area contributed by atoms with E-state index < -0.39 is 5.60 Å². The predicted molar refractivity (Wildman–Crippen MR) is 129 cm³/mol. The van der Waals surface area contributed by atoms with Crippen molar-refractivity contribution in [3.8, 4) is 0 Å². The summed E-state index contributed by atoms with van der Waals surface area (Å²) in [7, 11) is 0. The van der Waals surface area contributed by atoms with Gasteiger partial charge in [-0.1, -0.05) is 52.7 Å². The van der Waals surface area contributed by atoms with Gasteiger partial charge in [0.2, 0.25) is 5.91 Å². The van der Waals surface area contributed by atoms with Crippen LogP contribution >= 0.6 is 15.9 Å². The van der Waals surface area contributed by atoms with Crippen LogP contribution in [0, 0.1) is 6.92 Å². The number of hydrogen-bond acceptors (Lipinski definition) is 4. The fraction of sp³-hybridized carbons (Fsp3) is 0.400. The van der Waals surface area contributed by atoms with E-state index in [1.165, 1.54) is 22.0 Å². The summed E-state index contributed by atoms with van der Waals surface area (Å²) >= 11 is 3.39. The van der Waals surface area contributed by atoms with Crippen LogP contribution in [-0.2, 0) is 11.3 Å². The molecule has 7 heteroatoms. The molecule has 1 aliphatic rings. The number of fused-ring (bicyclic) bond motifs is 1. The third-order valence-corrected chi connectivity index (χ3v) is 6.88. The Balaban J connectivity index is 1.39. The molecule has 0 spiro atoms. The summed E-state index contributed by atoms with van der Waals surface area (Å²) in [6.07, 6.45) is 2.81. The maximum absolute atomic E-state index is 12.8. The number of piperidine rings is 1. The van der Waals surface area contributed by atoms with E-state index in [0.717, 1.165) is 4.47 Å². The lowest BCUT2D eigenvalue weighted by atomic mass is 9.90. The zero-order chi connectivity index (χ0) is 22.9. The maximum atomic E-state index is 12.8. The molecule has 6 nitrogen and oxygen atoms in total. The molecule has 1 aliphatic heterocycles. The summed E-state index contributed by atoms with van der Waals surface area (Å²) in [5.74, 6) is 0.252. The topological polar surface area (TPSA) is 75.4 Å². The fourth-order valence-corrected chi connectivity index (χ4v) is 4.73. The van der Waals surface area contributed by atoms with Crippen molar-refractivity contribution in [2.24, 2.45) is 0 Å². The van der Waals surface area contributed by atoms with Crippen LogP contribution in [0.2, 0.25) is 0 Å². The van der Waals surface area contributed by atoms with E-state index in [4.69, 9.17) is 0 Å². The molecular weight excluding hydrogens is 470 g/mol. The van der Waals surface area contributed by atoms with Gasteiger partial charge < -0.3 is 10.0 Å². The van der Waals surface area contributed by atoms with E-state index in [0.29, 0.717) is 43.3 Å². The predicted octanol–water partition coefficient (Wildman–Crippen LogP) is 4.01. The molecule has 2 heterocycles. The number of halogens is 1. The number of aromatic nitrogens is 2. The van der Waals surface area contributed by atoms with Crippen LogP contribution in [0.5, 0.6) is 0 Å². The number of aryl methyl sites for hydroxylation is 1. The van der Waals surface area contributed by atoms with E-state index in [1.807, 2.05) is 17.0 Å². The molecule has 32 heavy (non-hydrogen) atoms. The standard InChI is InChI=1S/C25H28BrN3O3/c1-17-4-3-5-19(12-17)18(2)13-23(30)28-10-8-25(32,9-11-28)15-29-16-27-22-14-20(26)6-7-21(22)24(29)31/h3-7,12,14,16,18,32H,8-11,13,15H2,1-2H3/t18-/m1/s1. The molecule has 168 valence electrons. The van der Waals surface area contributed by atoms with E-state index >= 15 is 0 Å². The molecule has 1 amide bonds. The van der Waals surface area contributed by atoms with Gasteiger partial charge in [0.1, 0.15) is 0 Å². The lowest BCUT2D eigenvalue weighted by Crippen LogP contribution is -2.49. The van der Waals surface area contributed by atoms with Gasteiger partial charge in [-0.3, -0.25) is 14.2 Å². The first-order chi connectivity index (χ1) is 15.2. The van der Waals surface area contributed by atoms with Gasteiger partial charge in [-0.15, -0.1) is 0 Å². The first kappa shape index (κ1) is 22.7. The Morgan fingerprint density at radius 1 is 1.22 bits per heavy atom. The van der Waals surface area contributed by atoms with E-state index in [1.54, 1.807) is 12.1 Å². The average Bonchev–Trinajstić information content (AvgIpc) is 2.76. The van der Waals surface area contributed by atoms with Crippen LogP contribution in [0.15, 0.2) is 58.1 Å². The van der Waals surface area contributed by atoms with E-state index in [9.17, 15) is 14.7 Å². The highest BCUT2D eigenvalue weighted by molar-refractivity contribution is 9.10. The molecule has 1 N–H and O–H groups in total. The third kappa shape index (κ3) is 4.94. The smallest absolute Gasteiger partial charge is 0.261 e. The highest BCUT2D eigenvalue weighted by atomic mass is 79.9. The zero-order valence-corrected chi connectivity index (χ0v) is 20.0. The number of carbonyl (C=O) groups excluding carboxylic acids is 1. The lowest BCUT2D eigenvalue weighted by molar-refractivity contribution is -0.136. The van der Waals surface area contributed by atoms with Gasteiger partial charge in [-0.25, -0.2) is 4.98 Å². The second kappa shape index (κ2) is 9.16.